The van der Waals surface area contributed by atoms with E-state index in [1.807, 2.05) is 6.92 Å². The molecule has 0 unspecified atom stereocenters. The number of ether oxygens (including phenoxy) is 3. The van der Waals surface area contributed by atoms with Crippen molar-refractivity contribution < 1.29 is 28.6 Å². The summed E-state index contributed by atoms with van der Waals surface area (Å²) in [7, 11) is 1.49. The first-order chi connectivity index (χ1) is 16.9. The third-order valence-electron chi connectivity index (χ3n) is 4.48. The number of esters is 1. The maximum atomic E-state index is 12.6. The van der Waals surface area contributed by atoms with Crippen molar-refractivity contribution >= 4 is 45.6 Å². The van der Waals surface area contributed by atoms with Crippen LogP contribution in [0.15, 0.2) is 76.3 Å². The number of hydrogen-bond donors (Lipinski definition) is 2. The van der Waals surface area contributed by atoms with Crippen LogP contribution in [-0.4, -0.2) is 37.7 Å². The van der Waals surface area contributed by atoms with Gasteiger partial charge in [0.2, 0.25) is 0 Å². The molecule has 0 radical (unpaired) electrons. The predicted octanol–water partition coefficient (Wildman–Crippen LogP) is 4.16. The molecule has 0 aliphatic carbocycles. The number of rotatable bonds is 8. The Hall–Kier alpha value is -4.18. The fraction of sp³-hybridized carbons (Fsp3) is 0.120. The second-order valence-electron chi connectivity index (χ2n) is 6.91. The Balaban J connectivity index is 1.64. The fourth-order valence-electron chi connectivity index (χ4n) is 2.83. The van der Waals surface area contributed by atoms with E-state index in [-0.39, 0.29) is 5.75 Å². The SMILES string of the molecule is CCOc1ccc(C(=O)Oc2ccc(Br)cc2/C=N/NC(=O)C(=O)Nc2cccc(OC)c2)cc1. The Bertz CT molecular complexity index is 1240. The van der Waals surface area contributed by atoms with Crippen LogP contribution in [0.1, 0.15) is 22.8 Å². The summed E-state index contributed by atoms with van der Waals surface area (Å²) in [4.78, 5) is 36.8. The van der Waals surface area contributed by atoms with E-state index >= 15 is 0 Å². The molecule has 9 nitrogen and oxygen atoms in total. The van der Waals surface area contributed by atoms with Crippen LogP contribution in [0.4, 0.5) is 5.69 Å². The summed E-state index contributed by atoms with van der Waals surface area (Å²) in [5, 5.41) is 6.26. The lowest BCUT2D eigenvalue weighted by atomic mass is 10.2. The van der Waals surface area contributed by atoms with Crippen molar-refractivity contribution in [1.82, 2.24) is 5.43 Å². The maximum absolute atomic E-state index is 12.6. The van der Waals surface area contributed by atoms with E-state index in [0.717, 1.165) is 0 Å². The first kappa shape index (κ1) is 25.4. The van der Waals surface area contributed by atoms with Crippen molar-refractivity contribution in [2.75, 3.05) is 19.0 Å². The molecule has 2 amide bonds. The van der Waals surface area contributed by atoms with Crippen LogP contribution in [-0.2, 0) is 9.59 Å². The number of hydrogen-bond acceptors (Lipinski definition) is 7. The minimum Gasteiger partial charge on any atom is -0.497 e. The molecule has 0 bridgehead atoms. The maximum Gasteiger partial charge on any atom is 0.343 e. The molecule has 0 saturated carbocycles. The third kappa shape index (κ3) is 7.41. The van der Waals surface area contributed by atoms with Gasteiger partial charge in [-0.15, -0.1) is 0 Å². The smallest absolute Gasteiger partial charge is 0.343 e. The largest absolute Gasteiger partial charge is 0.497 e. The van der Waals surface area contributed by atoms with Gasteiger partial charge >= 0.3 is 17.8 Å². The van der Waals surface area contributed by atoms with Gasteiger partial charge in [-0.05, 0) is 61.5 Å². The van der Waals surface area contributed by atoms with Gasteiger partial charge in [-0.25, -0.2) is 10.2 Å². The monoisotopic (exact) mass is 539 g/mol. The van der Waals surface area contributed by atoms with Crippen molar-refractivity contribution in [3.8, 4) is 17.2 Å². The number of methoxy groups -OCH3 is 1. The first-order valence-corrected chi connectivity index (χ1v) is 11.2. The molecule has 0 aliphatic heterocycles. The molecular formula is C25H22BrN3O6. The zero-order valence-electron chi connectivity index (χ0n) is 18.9. The summed E-state index contributed by atoms with van der Waals surface area (Å²) in [6.07, 6.45) is 1.27. The van der Waals surface area contributed by atoms with E-state index < -0.39 is 17.8 Å². The molecule has 0 aliphatic rings. The number of hydrazone groups is 1. The van der Waals surface area contributed by atoms with E-state index in [1.54, 1.807) is 66.7 Å². The van der Waals surface area contributed by atoms with Crippen molar-refractivity contribution in [1.29, 1.82) is 0 Å². The standard InChI is InChI=1S/C25H22BrN3O6/c1-3-34-20-10-7-16(8-11-20)25(32)35-22-12-9-18(26)13-17(22)15-27-29-24(31)23(30)28-19-5-4-6-21(14-19)33-2/h4-15H,3H2,1-2H3,(H,28,30)(H,29,31)/b27-15+. The van der Waals surface area contributed by atoms with Crippen LogP contribution in [0.2, 0.25) is 0 Å². The summed E-state index contributed by atoms with van der Waals surface area (Å²) < 4.78 is 16.6. The minimum atomic E-state index is -0.980. The van der Waals surface area contributed by atoms with E-state index in [2.05, 4.69) is 31.8 Å². The summed E-state index contributed by atoms with van der Waals surface area (Å²) >= 11 is 3.35. The second kappa shape index (κ2) is 12.3. The molecule has 2 N–H and O–H groups in total. The minimum absolute atomic E-state index is 0.214. The number of anilines is 1. The highest BCUT2D eigenvalue weighted by atomic mass is 79.9. The van der Waals surface area contributed by atoms with Crippen molar-refractivity contribution in [3.63, 3.8) is 0 Å². The Morgan fingerprint density at radius 1 is 0.971 bits per heavy atom. The van der Waals surface area contributed by atoms with Crippen LogP contribution < -0.4 is 25.0 Å². The van der Waals surface area contributed by atoms with Crippen molar-refractivity contribution in [2.45, 2.75) is 6.92 Å². The topological polar surface area (TPSA) is 115 Å². The lowest BCUT2D eigenvalue weighted by Crippen LogP contribution is -2.32. The summed E-state index contributed by atoms with van der Waals surface area (Å²) in [6, 6.07) is 18.0. The average molecular weight is 540 g/mol. The molecule has 10 heteroatoms. The molecule has 0 spiro atoms. The van der Waals surface area contributed by atoms with E-state index in [0.29, 0.717) is 39.4 Å². The van der Waals surface area contributed by atoms with Crippen LogP contribution in [0.25, 0.3) is 0 Å². The first-order valence-electron chi connectivity index (χ1n) is 10.4. The number of amides is 2. The van der Waals surface area contributed by atoms with Gasteiger partial charge in [-0.3, -0.25) is 9.59 Å². The summed E-state index contributed by atoms with van der Waals surface area (Å²) in [6.45, 7) is 2.39. The molecule has 35 heavy (non-hydrogen) atoms. The highest BCUT2D eigenvalue weighted by Gasteiger charge is 2.14. The fourth-order valence-corrected chi connectivity index (χ4v) is 3.20. The van der Waals surface area contributed by atoms with Crippen molar-refractivity contribution in [2.24, 2.45) is 5.10 Å². The number of carbonyl (C=O) groups is 3. The molecule has 0 aromatic heterocycles. The molecule has 3 rings (SSSR count). The van der Waals surface area contributed by atoms with Crippen molar-refractivity contribution in [3.05, 3.63) is 82.3 Å². The molecule has 180 valence electrons. The van der Waals surface area contributed by atoms with E-state index in [1.165, 1.54) is 13.3 Å². The van der Waals surface area contributed by atoms with E-state index in [4.69, 9.17) is 14.2 Å². The molecule has 0 saturated heterocycles. The Kier molecular flexibility index (Phi) is 8.96. The van der Waals surface area contributed by atoms with Crippen LogP contribution in [0.5, 0.6) is 17.2 Å². The van der Waals surface area contributed by atoms with Gasteiger partial charge in [0.1, 0.15) is 17.2 Å². The molecular weight excluding hydrogens is 518 g/mol. The van der Waals surface area contributed by atoms with Gasteiger partial charge in [0.15, 0.2) is 0 Å². The van der Waals surface area contributed by atoms with Gasteiger partial charge in [0.05, 0.1) is 25.5 Å². The number of halogens is 1. The Morgan fingerprint density at radius 2 is 1.74 bits per heavy atom. The Labute approximate surface area is 210 Å². The highest BCUT2D eigenvalue weighted by molar-refractivity contribution is 9.10. The molecule has 0 atom stereocenters. The van der Waals surface area contributed by atoms with Gasteiger partial charge in [0, 0.05) is 21.8 Å². The Morgan fingerprint density at radius 3 is 2.46 bits per heavy atom. The second-order valence-corrected chi connectivity index (χ2v) is 7.83. The zero-order chi connectivity index (χ0) is 25.2. The molecule has 0 fully saturated rings. The summed E-state index contributed by atoms with van der Waals surface area (Å²) in [5.74, 6) is -1.08. The van der Waals surface area contributed by atoms with Gasteiger partial charge in [-0.1, -0.05) is 22.0 Å². The zero-order valence-corrected chi connectivity index (χ0v) is 20.5. The van der Waals surface area contributed by atoms with E-state index in [9.17, 15) is 14.4 Å². The third-order valence-corrected chi connectivity index (χ3v) is 4.97. The highest BCUT2D eigenvalue weighted by Crippen LogP contribution is 2.23. The van der Waals surface area contributed by atoms with Gasteiger partial charge in [0.25, 0.3) is 0 Å². The number of carbonyl (C=O) groups excluding carboxylic acids is 3. The number of nitrogens with one attached hydrogen (secondary N) is 2. The van der Waals surface area contributed by atoms with Crippen LogP contribution >= 0.6 is 15.9 Å². The lowest BCUT2D eigenvalue weighted by Gasteiger charge is -2.09. The van der Waals surface area contributed by atoms with Crippen LogP contribution in [0.3, 0.4) is 0 Å². The molecule has 3 aromatic carbocycles. The normalized spacial score (nSPS) is 10.5. The number of benzene rings is 3. The average Bonchev–Trinajstić information content (AvgIpc) is 2.86. The summed E-state index contributed by atoms with van der Waals surface area (Å²) in [5.41, 5.74) is 3.27. The lowest BCUT2D eigenvalue weighted by molar-refractivity contribution is -0.136. The number of nitrogens with zero attached hydrogens (tertiary/aromatic N) is 1. The molecule has 0 heterocycles. The van der Waals surface area contributed by atoms with Gasteiger partial charge in [-0.2, -0.15) is 5.10 Å². The van der Waals surface area contributed by atoms with Gasteiger partial charge < -0.3 is 19.5 Å². The predicted molar refractivity (Wildman–Crippen MR) is 134 cm³/mol. The molecule has 3 aromatic rings. The quantitative estimate of drug-likeness (QED) is 0.146. The van der Waals surface area contributed by atoms with Crippen LogP contribution in [0, 0.1) is 0 Å².